The molecular weight excluding hydrogens is 321 g/mol. The number of carbonyl (C=O) groups is 1. The molecule has 0 spiro atoms. The first kappa shape index (κ1) is 17.3. The lowest BCUT2D eigenvalue weighted by Gasteiger charge is -2.10. The molecule has 0 aliphatic carbocycles. The van der Waals surface area contributed by atoms with E-state index in [4.69, 9.17) is 10.00 Å². The first-order valence-corrected chi connectivity index (χ1v) is 6.95. The van der Waals surface area contributed by atoms with Crippen molar-refractivity contribution in [3.8, 4) is 11.8 Å². The fraction of sp³-hybridized carbons (Fsp3) is 0.176. The van der Waals surface area contributed by atoms with Crippen molar-refractivity contribution in [1.82, 2.24) is 5.32 Å². The van der Waals surface area contributed by atoms with Crippen molar-refractivity contribution in [2.75, 3.05) is 6.61 Å². The van der Waals surface area contributed by atoms with Crippen molar-refractivity contribution >= 4 is 5.91 Å². The molecule has 2 rings (SSSR count). The average Bonchev–Trinajstić information content (AvgIpc) is 2.58. The molecule has 0 unspecified atom stereocenters. The van der Waals surface area contributed by atoms with Gasteiger partial charge in [0.05, 0.1) is 11.1 Å². The third-order valence-electron chi connectivity index (χ3n) is 3.11. The normalized spacial score (nSPS) is 10.8. The molecule has 2 aromatic rings. The van der Waals surface area contributed by atoms with E-state index in [2.05, 4.69) is 5.32 Å². The smallest absolute Gasteiger partial charge is 0.416 e. The van der Waals surface area contributed by atoms with E-state index >= 15 is 0 Å². The van der Waals surface area contributed by atoms with Crippen LogP contribution in [0.15, 0.2) is 48.5 Å². The maximum Gasteiger partial charge on any atom is 0.416 e. The molecular formula is C17H13F3N2O2. The number of rotatable bonds is 5. The van der Waals surface area contributed by atoms with Crippen LogP contribution in [0.5, 0.6) is 5.75 Å². The highest BCUT2D eigenvalue weighted by Gasteiger charge is 2.30. The molecule has 0 heterocycles. The zero-order chi connectivity index (χ0) is 17.6. The van der Waals surface area contributed by atoms with E-state index in [0.717, 1.165) is 12.1 Å². The number of nitrogens with one attached hydrogen (secondary N) is 1. The van der Waals surface area contributed by atoms with Crippen molar-refractivity contribution in [2.45, 2.75) is 12.7 Å². The zero-order valence-corrected chi connectivity index (χ0v) is 12.4. The predicted molar refractivity (Wildman–Crippen MR) is 79.9 cm³/mol. The van der Waals surface area contributed by atoms with Crippen LogP contribution in [0.2, 0.25) is 0 Å². The second-order valence-electron chi connectivity index (χ2n) is 4.87. The van der Waals surface area contributed by atoms with E-state index in [1.165, 1.54) is 12.1 Å². The Kier molecular flexibility index (Phi) is 5.42. The molecule has 2 aromatic carbocycles. The summed E-state index contributed by atoms with van der Waals surface area (Å²) in [4.78, 5) is 11.7. The van der Waals surface area contributed by atoms with Crippen molar-refractivity contribution in [3.63, 3.8) is 0 Å². The lowest BCUT2D eigenvalue weighted by Crippen LogP contribution is -2.28. The summed E-state index contributed by atoms with van der Waals surface area (Å²) in [6.07, 6.45) is -4.43. The number of benzene rings is 2. The molecule has 0 radical (unpaired) electrons. The van der Waals surface area contributed by atoms with Crippen molar-refractivity contribution in [2.24, 2.45) is 0 Å². The van der Waals surface area contributed by atoms with Gasteiger partial charge in [0.2, 0.25) is 0 Å². The number of nitrogens with zero attached hydrogens (tertiary/aromatic N) is 1. The average molecular weight is 334 g/mol. The number of ether oxygens (including phenoxy) is 1. The van der Waals surface area contributed by atoms with Gasteiger partial charge >= 0.3 is 6.18 Å². The summed E-state index contributed by atoms with van der Waals surface area (Å²) >= 11 is 0. The number of amides is 1. The first-order valence-electron chi connectivity index (χ1n) is 6.95. The maximum atomic E-state index is 12.6. The van der Waals surface area contributed by atoms with Gasteiger partial charge in [-0.05, 0) is 29.8 Å². The molecule has 7 heteroatoms. The van der Waals surface area contributed by atoms with Crippen LogP contribution in [-0.2, 0) is 17.5 Å². The molecule has 4 nitrogen and oxygen atoms in total. The van der Waals surface area contributed by atoms with Crippen LogP contribution < -0.4 is 10.1 Å². The topological polar surface area (TPSA) is 62.1 Å². The molecule has 0 fully saturated rings. The summed E-state index contributed by atoms with van der Waals surface area (Å²) in [5.74, 6) is -0.227. The van der Waals surface area contributed by atoms with Gasteiger partial charge in [0.15, 0.2) is 6.61 Å². The third kappa shape index (κ3) is 4.74. The molecule has 24 heavy (non-hydrogen) atoms. The number of carbonyl (C=O) groups excluding carboxylic acids is 1. The fourth-order valence-electron chi connectivity index (χ4n) is 1.94. The fourth-order valence-corrected chi connectivity index (χ4v) is 1.94. The monoisotopic (exact) mass is 334 g/mol. The SMILES string of the molecule is N#Cc1ccccc1OCC(=O)NCc1cccc(C(F)(F)F)c1. The Hall–Kier alpha value is -3.01. The van der Waals surface area contributed by atoms with Crippen molar-refractivity contribution in [1.29, 1.82) is 5.26 Å². The Labute approximate surface area is 136 Å². The molecule has 0 saturated carbocycles. The molecule has 1 amide bonds. The molecule has 0 aliphatic rings. The first-order chi connectivity index (χ1) is 11.4. The third-order valence-corrected chi connectivity index (χ3v) is 3.11. The Morgan fingerprint density at radius 3 is 2.62 bits per heavy atom. The van der Waals surface area contributed by atoms with Gasteiger partial charge in [0.25, 0.3) is 5.91 Å². The molecule has 124 valence electrons. The van der Waals surface area contributed by atoms with E-state index in [1.807, 2.05) is 6.07 Å². The highest BCUT2D eigenvalue weighted by atomic mass is 19.4. The van der Waals surface area contributed by atoms with Gasteiger partial charge < -0.3 is 10.1 Å². The summed E-state index contributed by atoms with van der Waals surface area (Å²) in [5.41, 5.74) is -0.146. The van der Waals surface area contributed by atoms with Gasteiger partial charge in [-0.25, -0.2) is 0 Å². The molecule has 0 saturated heterocycles. The van der Waals surface area contributed by atoms with E-state index < -0.39 is 17.6 Å². The summed E-state index contributed by atoms with van der Waals surface area (Å²) < 4.78 is 43.1. The van der Waals surface area contributed by atoms with E-state index in [9.17, 15) is 18.0 Å². The number of hydrogen-bond acceptors (Lipinski definition) is 3. The van der Waals surface area contributed by atoms with E-state index in [1.54, 1.807) is 24.3 Å². The second kappa shape index (κ2) is 7.51. The lowest BCUT2D eigenvalue weighted by molar-refractivity contribution is -0.137. The van der Waals surface area contributed by atoms with Crippen LogP contribution in [0.4, 0.5) is 13.2 Å². The summed E-state index contributed by atoms with van der Waals surface area (Å²) in [6.45, 7) is -0.385. The molecule has 0 aliphatic heterocycles. The van der Waals surface area contributed by atoms with E-state index in [0.29, 0.717) is 11.1 Å². The molecule has 1 N–H and O–H groups in total. The van der Waals surface area contributed by atoms with Crippen LogP contribution in [0.25, 0.3) is 0 Å². The summed E-state index contributed by atoms with van der Waals surface area (Å²) in [5, 5.41) is 11.4. The largest absolute Gasteiger partial charge is 0.482 e. The Morgan fingerprint density at radius 2 is 1.92 bits per heavy atom. The Balaban J connectivity index is 1.89. The standard InChI is InChI=1S/C17H13F3N2O2/c18-17(19,20)14-6-3-4-12(8-14)10-22-16(23)11-24-15-7-2-1-5-13(15)9-21/h1-8H,10-11H2,(H,22,23). The second-order valence-corrected chi connectivity index (χ2v) is 4.87. The summed E-state index contributed by atoms with van der Waals surface area (Å²) in [7, 11) is 0. The Bertz CT molecular complexity index is 767. The minimum absolute atomic E-state index is 0.0496. The minimum Gasteiger partial charge on any atom is -0.482 e. The van der Waals surface area contributed by atoms with Crippen LogP contribution in [0.1, 0.15) is 16.7 Å². The maximum absolute atomic E-state index is 12.6. The van der Waals surface area contributed by atoms with Crippen molar-refractivity contribution in [3.05, 3.63) is 65.2 Å². The molecule has 0 bridgehead atoms. The van der Waals surface area contributed by atoms with Gasteiger partial charge in [0, 0.05) is 6.54 Å². The van der Waals surface area contributed by atoms with Gasteiger partial charge in [-0.2, -0.15) is 18.4 Å². The van der Waals surface area contributed by atoms with Crippen LogP contribution in [0, 0.1) is 11.3 Å². The summed E-state index contributed by atoms with van der Waals surface area (Å²) in [6, 6.07) is 13.1. The van der Waals surface area contributed by atoms with Crippen LogP contribution in [0.3, 0.4) is 0 Å². The lowest BCUT2D eigenvalue weighted by atomic mass is 10.1. The minimum atomic E-state index is -4.43. The van der Waals surface area contributed by atoms with Gasteiger partial charge in [-0.3, -0.25) is 4.79 Å². The number of nitriles is 1. The number of alkyl halides is 3. The van der Waals surface area contributed by atoms with Gasteiger partial charge in [-0.1, -0.05) is 24.3 Å². The highest BCUT2D eigenvalue weighted by Crippen LogP contribution is 2.29. The number of para-hydroxylation sites is 1. The molecule has 0 atom stereocenters. The van der Waals surface area contributed by atoms with Crippen LogP contribution in [-0.4, -0.2) is 12.5 Å². The quantitative estimate of drug-likeness (QED) is 0.913. The van der Waals surface area contributed by atoms with Gasteiger partial charge in [-0.15, -0.1) is 0 Å². The van der Waals surface area contributed by atoms with Crippen LogP contribution >= 0.6 is 0 Å². The molecule has 0 aromatic heterocycles. The highest BCUT2D eigenvalue weighted by molar-refractivity contribution is 5.77. The Morgan fingerprint density at radius 1 is 1.17 bits per heavy atom. The zero-order valence-electron chi connectivity index (χ0n) is 12.4. The number of hydrogen-bond donors (Lipinski definition) is 1. The van der Waals surface area contributed by atoms with Crippen molar-refractivity contribution < 1.29 is 22.7 Å². The predicted octanol–water partition coefficient (Wildman–Crippen LogP) is 3.27. The van der Waals surface area contributed by atoms with E-state index in [-0.39, 0.29) is 18.9 Å². The van der Waals surface area contributed by atoms with Gasteiger partial charge in [0.1, 0.15) is 11.8 Å². The number of halogens is 3.